The Bertz CT molecular complexity index is 708. The molecule has 140 valence electrons. The number of hydrogen-bond acceptors (Lipinski definition) is 4. The average Bonchev–Trinajstić information content (AvgIpc) is 2.72. The van der Waals surface area contributed by atoms with E-state index in [0.29, 0.717) is 13.0 Å². The minimum Gasteiger partial charge on any atom is -0.400 e. The Hall–Kier alpha value is -1.92. The number of rotatable bonds is 6. The maximum Gasteiger partial charge on any atom is 0.492 e. The summed E-state index contributed by atoms with van der Waals surface area (Å²) in [5.74, 6) is -0.0191. The van der Waals surface area contributed by atoms with Crippen LogP contribution < -0.4 is 5.32 Å². The summed E-state index contributed by atoms with van der Waals surface area (Å²) in [7, 11) is -0.558. The molecular weight excluding hydrogens is 329 g/mol. The van der Waals surface area contributed by atoms with Gasteiger partial charge in [0.15, 0.2) is 0 Å². The Labute approximate surface area is 156 Å². The summed E-state index contributed by atoms with van der Waals surface area (Å²) >= 11 is 0. The highest BCUT2D eigenvalue weighted by Gasteiger charge is 2.52. The molecule has 0 aromatic heterocycles. The molecule has 1 heterocycles. The van der Waals surface area contributed by atoms with E-state index >= 15 is 0 Å². The van der Waals surface area contributed by atoms with Crippen LogP contribution >= 0.6 is 0 Å². The Balaban J connectivity index is 2.38. The van der Waals surface area contributed by atoms with Gasteiger partial charge in [0.05, 0.1) is 11.2 Å². The van der Waals surface area contributed by atoms with Crippen molar-refractivity contribution in [3.8, 4) is 0 Å². The minimum absolute atomic E-state index is 0.102. The zero-order valence-corrected chi connectivity index (χ0v) is 16.5. The molecule has 2 rings (SSSR count). The maximum atomic E-state index is 11.6. The number of carbonyl (C=O) groups is 2. The van der Waals surface area contributed by atoms with Gasteiger partial charge in [0.25, 0.3) is 0 Å². The van der Waals surface area contributed by atoms with Gasteiger partial charge >= 0.3 is 7.12 Å². The molecule has 0 atom stereocenters. The summed E-state index contributed by atoms with van der Waals surface area (Å²) in [5.41, 5.74) is 1.75. The zero-order valence-electron chi connectivity index (χ0n) is 16.5. The first-order valence-electron chi connectivity index (χ1n) is 8.90. The number of benzene rings is 1. The van der Waals surface area contributed by atoms with Crippen LogP contribution in [0.2, 0.25) is 0 Å². The van der Waals surface area contributed by atoms with E-state index in [1.54, 1.807) is 6.92 Å². The van der Waals surface area contributed by atoms with Crippen molar-refractivity contribution in [2.45, 2.75) is 59.2 Å². The van der Waals surface area contributed by atoms with Gasteiger partial charge in [-0.3, -0.25) is 9.59 Å². The number of Topliss-reactive ketones (excluding diaryl/α,β-unsaturated/α-hetero) is 1. The SMILES string of the molecule is CC(=O)Cc1ccccc1C=C(CNC(C)=O)B1OC(C)(C)C(C)(C)O1. The average molecular weight is 357 g/mol. The number of ketones is 1. The van der Waals surface area contributed by atoms with E-state index in [4.69, 9.17) is 9.31 Å². The molecule has 0 bridgehead atoms. The van der Waals surface area contributed by atoms with E-state index < -0.39 is 18.3 Å². The summed E-state index contributed by atoms with van der Waals surface area (Å²) in [6.45, 7) is 11.3. The van der Waals surface area contributed by atoms with Crippen molar-refractivity contribution in [3.05, 3.63) is 40.9 Å². The maximum absolute atomic E-state index is 11.6. The number of hydrogen-bond donors (Lipinski definition) is 1. The number of amides is 1. The molecule has 0 saturated carbocycles. The lowest BCUT2D eigenvalue weighted by molar-refractivity contribution is -0.119. The Morgan fingerprint density at radius 2 is 1.65 bits per heavy atom. The quantitative estimate of drug-likeness (QED) is 0.795. The first kappa shape index (κ1) is 20.4. The Morgan fingerprint density at radius 1 is 1.08 bits per heavy atom. The summed E-state index contributed by atoms with van der Waals surface area (Å²) in [5, 5.41) is 2.82. The fourth-order valence-electron chi connectivity index (χ4n) is 2.73. The topological polar surface area (TPSA) is 64.6 Å². The van der Waals surface area contributed by atoms with Gasteiger partial charge in [-0.25, -0.2) is 0 Å². The van der Waals surface area contributed by atoms with Gasteiger partial charge in [-0.1, -0.05) is 30.3 Å². The lowest BCUT2D eigenvalue weighted by atomic mass is 9.76. The van der Waals surface area contributed by atoms with Crippen molar-refractivity contribution in [1.29, 1.82) is 0 Å². The van der Waals surface area contributed by atoms with Crippen LogP contribution in [0.3, 0.4) is 0 Å². The third-order valence-electron chi connectivity index (χ3n) is 4.93. The second-order valence-corrected chi connectivity index (χ2v) is 7.79. The Kier molecular flexibility index (Phi) is 6.09. The van der Waals surface area contributed by atoms with Crippen LogP contribution in [-0.4, -0.2) is 36.6 Å². The fourth-order valence-corrected chi connectivity index (χ4v) is 2.73. The van der Waals surface area contributed by atoms with Gasteiger partial charge in [0.2, 0.25) is 5.91 Å². The standard InChI is InChI=1S/C20H28BNO4/c1-14(23)11-16-9-7-8-10-17(16)12-18(13-22-15(2)24)21-25-19(3,4)20(5,6)26-21/h7-10,12H,11,13H2,1-6H3,(H,22,24). The molecule has 5 nitrogen and oxygen atoms in total. The van der Waals surface area contributed by atoms with E-state index in [1.807, 2.05) is 58.0 Å². The molecule has 1 saturated heterocycles. The molecule has 1 aromatic carbocycles. The molecule has 1 fully saturated rings. The lowest BCUT2D eigenvalue weighted by Crippen LogP contribution is -2.41. The second kappa shape index (κ2) is 7.76. The molecule has 1 amide bonds. The lowest BCUT2D eigenvalue weighted by Gasteiger charge is -2.32. The van der Waals surface area contributed by atoms with Crippen LogP contribution in [0, 0.1) is 0 Å². The van der Waals surface area contributed by atoms with Gasteiger partial charge in [-0.2, -0.15) is 0 Å². The molecule has 26 heavy (non-hydrogen) atoms. The van der Waals surface area contributed by atoms with Gasteiger partial charge in [0.1, 0.15) is 5.78 Å². The van der Waals surface area contributed by atoms with Crippen molar-refractivity contribution < 1.29 is 18.9 Å². The molecule has 0 radical (unpaired) electrons. The molecule has 0 unspecified atom stereocenters. The van der Waals surface area contributed by atoms with Crippen molar-refractivity contribution in [3.63, 3.8) is 0 Å². The minimum atomic E-state index is -0.558. The predicted molar refractivity (Wildman–Crippen MR) is 104 cm³/mol. The van der Waals surface area contributed by atoms with E-state index in [1.165, 1.54) is 6.92 Å². The third kappa shape index (κ3) is 4.83. The Morgan fingerprint density at radius 3 is 2.19 bits per heavy atom. The number of nitrogens with one attached hydrogen (secondary N) is 1. The first-order chi connectivity index (χ1) is 12.0. The molecule has 6 heteroatoms. The van der Waals surface area contributed by atoms with Crippen LogP contribution in [0.1, 0.15) is 52.7 Å². The fraction of sp³-hybridized carbons (Fsp3) is 0.500. The molecule has 1 aliphatic heterocycles. The van der Waals surface area contributed by atoms with Crippen LogP contribution in [0.25, 0.3) is 6.08 Å². The highest BCUT2D eigenvalue weighted by Crippen LogP contribution is 2.38. The summed E-state index contributed by atoms with van der Waals surface area (Å²) in [6.07, 6.45) is 2.32. The molecule has 1 aliphatic rings. The first-order valence-corrected chi connectivity index (χ1v) is 8.90. The summed E-state index contributed by atoms with van der Waals surface area (Å²) < 4.78 is 12.3. The van der Waals surface area contributed by atoms with Crippen molar-refractivity contribution in [1.82, 2.24) is 5.32 Å². The summed E-state index contributed by atoms with van der Waals surface area (Å²) in [6, 6.07) is 7.73. The monoisotopic (exact) mass is 357 g/mol. The molecule has 0 aliphatic carbocycles. The van der Waals surface area contributed by atoms with E-state index in [0.717, 1.165) is 16.6 Å². The predicted octanol–water partition coefficient (Wildman–Crippen LogP) is 2.97. The van der Waals surface area contributed by atoms with E-state index in [2.05, 4.69) is 5.32 Å². The largest absolute Gasteiger partial charge is 0.492 e. The molecule has 1 aromatic rings. The molecule has 0 spiro atoms. The van der Waals surface area contributed by atoms with Gasteiger partial charge in [-0.15, -0.1) is 0 Å². The van der Waals surface area contributed by atoms with Crippen LogP contribution in [0.5, 0.6) is 0 Å². The highest BCUT2D eigenvalue weighted by molar-refractivity contribution is 6.56. The zero-order chi connectivity index (χ0) is 19.5. The van der Waals surface area contributed by atoms with Crippen molar-refractivity contribution in [2.75, 3.05) is 6.54 Å². The van der Waals surface area contributed by atoms with E-state index in [-0.39, 0.29) is 11.7 Å². The van der Waals surface area contributed by atoms with E-state index in [9.17, 15) is 9.59 Å². The van der Waals surface area contributed by atoms with Crippen LogP contribution in [-0.2, 0) is 25.3 Å². The third-order valence-corrected chi connectivity index (χ3v) is 4.93. The summed E-state index contributed by atoms with van der Waals surface area (Å²) in [4.78, 5) is 23.0. The van der Waals surface area contributed by atoms with Crippen molar-refractivity contribution in [2.24, 2.45) is 0 Å². The molecule has 1 N–H and O–H groups in total. The van der Waals surface area contributed by atoms with Gasteiger partial charge < -0.3 is 14.6 Å². The smallest absolute Gasteiger partial charge is 0.400 e. The molecular formula is C20H28BNO4. The number of carbonyl (C=O) groups excluding carboxylic acids is 2. The van der Waals surface area contributed by atoms with Gasteiger partial charge in [0, 0.05) is 19.9 Å². The van der Waals surface area contributed by atoms with Crippen LogP contribution in [0.15, 0.2) is 29.7 Å². The van der Waals surface area contributed by atoms with Crippen molar-refractivity contribution >= 4 is 24.9 Å². The van der Waals surface area contributed by atoms with Crippen LogP contribution in [0.4, 0.5) is 0 Å². The van der Waals surface area contributed by atoms with Gasteiger partial charge in [-0.05, 0) is 51.2 Å². The second-order valence-electron chi connectivity index (χ2n) is 7.79. The normalized spacial score (nSPS) is 18.7. The highest BCUT2D eigenvalue weighted by atomic mass is 16.7.